The molecule has 134 valence electrons. The number of ether oxygens (including phenoxy) is 1. The Kier molecular flexibility index (Phi) is 5.06. The van der Waals surface area contributed by atoms with Crippen molar-refractivity contribution < 1.29 is 9.53 Å². The smallest absolute Gasteiger partial charge is 0.261 e. The van der Waals surface area contributed by atoms with Gasteiger partial charge in [0.05, 0.1) is 10.9 Å². The monoisotopic (exact) mass is 361 g/mol. The summed E-state index contributed by atoms with van der Waals surface area (Å²) in [7, 11) is 3.30. The van der Waals surface area contributed by atoms with Crippen LogP contribution in [0.15, 0.2) is 23.0 Å². The van der Waals surface area contributed by atoms with Crippen molar-refractivity contribution in [3.63, 3.8) is 0 Å². The average Bonchev–Trinajstić information content (AvgIpc) is 3.06. The van der Waals surface area contributed by atoms with E-state index in [2.05, 4.69) is 10.3 Å². The number of H-pyrrole nitrogens is 1. The van der Waals surface area contributed by atoms with Crippen molar-refractivity contribution in [1.82, 2.24) is 14.9 Å². The number of aromatic nitrogens is 2. The zero-order valence-electron chi connectivity index (χ0n) is 14.6. The first-order valence-corrected chi connectivity index (χ1v) is 8.91. The topological polar surface area (TPSA) is 76.1 Å². The van der Waals surface area contributed by atoms with Crippen LogP contribution < -0.4 is 10.9 Å². The van der Waals surface area contributed by atoms with Crippen molar-refractivity contribution >= 4 is 29.0 Å². The summed E-state index contributed by atoms with van der Waals surface area (Å²) in [5.74, 6) is -0.125. The number of hydrogen-bond acceptors (Lipinski definition) is 4. The van der Waals surface area contributed by atoms with Gasteiger partial charge in [0.15, 0.2) is 4.77 Å². The number of fused-ring (bicyclic) bond motifs is 1. The summed E-state index contributed by atoms with van der Waals surface area (Å²) in [6.45, 7) is 0.626. The Morgan fingerprint density at radius 1 is 1.40 bits per heavy atom. The second-order valence-corrected chi connectivity index (χ2v) is 7.13. The van der Waals surface area contributed by atoms with Crippen LogP contribution in [0.2, 0.25) is 0 Å². The molecule has 7 heteroatoms. The third-order valence-corrected chi connectivity index (χ3v) is 5.46. The summed E-state index contributed by atoms with van der Waals surface area (Å²) < 4.78 is 6.93. The molecule has 1 aliphatic carbocycles. The summed E-state index contributed by atoms with van der Waals surface area (Å²) in [6.07, 6.45) is 4.98. The zero-order valence-corrected chi connectivity index (χ0v) is 15.4. The molecule has 1 heterocycles. The first kappa shape index (κ1) is 17.8. The van der Waals surface area contributed by atoms with Gasteiger partial charge in [-0.1, -0.05) is 12.8 Å². The molecule has 6 nitrogen and oxygen atoms in total. The van der Waals surface area contributed by atoms with Crippen LogP contribution in [0.5, 0.6) is 0 Å². The highest BCUT2D eigenvalue weighted by Crippen LogP contribution is 2.33. The van der Waals surface area contributed by atoms with Crippen LogP contribution in [-0.4, -0.2) is 34.7 Å². The van der Waals surface area contributed by atoms with Gasteiger partial charge in [-0.05, 0) is 49.7 Å². The molecule has 1 fully saturated rings. The van der Waals surface area contributed by atoms with E-state index in [4.69, 9.17) is 17.0 Å². The predicted molar refractivity (Wildman–Crippen MR) is 99.5 cm³/mol. The van der Waals surface area contributed by atoms with Crippen molar-refractivity contribution in [2.24, 2.45) is 7.05 Å². The molecule has 0 bridgehead atoms. The standard InChI is InChI=1S/C18H23N3O3S/c1-21-16(23)13-6-5-12(11-14(13)19-17(21)25)15(22)20-18(9-10-24-2)7-3-4-8-18/h5-6,11H,3-4,7-10H2,1-2H3,(H,19,25)(H,20,22). The molecule has 25 heavy (non-hydrogen) atoms. The summed E-state index contributed by atoms with van der Waals surface area (Å²) in [5.41, 5.74) is 0.744. The van der Waals surface area contributed by atoms with E-state index >= 15 is 0 Å². The second kappa shape index (κ2) is 7.09. The van der Waals surface area contributed by atoms with Crippen molar-refractivity contribution in [3.05, 3.63) is 38.9 Å². The van der Waals surface area contributed by atoms with E-state index in [1.807, 2.05) is 0 Å². The summed E-state index contributed by atoms with van der Waals surface area (Å²) in [5, 5.41) is 3.72. The maximum atomic E-state index is 12.8. The first-order chi connectivity index (χ1) is 12.0. The molecule has 2 aromatic rings. The van der Waals surface area contributed by atoms with Crippen LogP contribution in [0.25, 0.3) is 10.9 Å². The number of carbonyl (C=O) groups is 1. The molecule has 0 aliphatic heterocycles. The normalized spacial score (nSPS) is 16.2. The van der Waals surface area contributed by atoms with Gasteiger partial charge >= 0.3 is 0 Å². The fourth-order valence-electron chi connectivity index (χ4n) is 3.55. The van der Waals surface area contributed by atoms with E-state index in [-0.39, 0.29) is 17.0 Å². The SMILES string of the molecule is COCCC1(NC(=O)c2ccc3c(=O)n(C)c(=S)[nH]c3c2)CCCC1. The fourth-order valence-corrected chi connectivity index (χ4v) is 3.74. The van der Waals surface area contributed by atoms with E-state index < -0.39 is 0 Å². The minimum Gasteiger partial charge on any atom is -0.385 e. The Hall–Kier alpha value is -1.99. The van der Waals surface area contributed by atoms with E-state index in [0.29, 0.717) is 27.8 Å². The Labute approximate surface area is 151 Å². The van der Waals surface area contributed by atoms with Crippen LogP contribution in [0.4, 0.5) is 0 Å². The Morgan fingerprint density at radius 3 is 2.80 bits per heavy atom. The lowest BCUT2D eigenvalue weighted by atomic mass is 9.93. The number of nitrogens with one attached hydrogen (secondary N) is 2. The van der Waals surface area contributed by atoms with Crippen molar-refractivity contribution in [2.75, 3.05) is 13.7 Å². The molecule has 3 rings (SSSR count). The van der Waals surface area contributed by atoms with Gasteiger partial charge in [0.25, 0.3) is 11.5 Å². The quantitative estimate of drug-likeness (QED) is 0.803. The molecule has 1 aromatic heterocycles. The molecule has 1 aliphatic rings. The van der Waals surface area contributed by atoms with Crippen LogP contribution in [0.1, 0.15) is 42.5 Å². The number of amides is 1. The Morgan fingerprint density at radius 2 is 2.12 bits per heavy atom. The van der Waals surface area contributed by atoms with E-state index in [0.717, 1.165) is 32.1 Å². The summed E-state index contributed by atoms with van der Waals surface area (Å²) >= 11 is 5.15. The zero-order chi connectivity index (χ0) is 18.0. The minimum atomic E-state index is -0.193. The third-order valence-electron chi connectivity index (χ3n) is 5.09. The molecule has 1 saturated carbocycles. The number of methoxy groups -OCH3 is 1. The molecule has 0 saturated heterocycles. The van der Waals surface area contributed by atoms with E-state index in [1.165, 1.54) is 4.57 Å². The van der Waals surface area contributed by atoms with Crippen LogP contribution in [-0.2, 0) is 11.8 Å². The van der Waals surface area contributed by atoms with Gasteiger partial charge in [0, 0.05) is 31.9 Å². The fraction of sp³-hybridized carbons (Fsp3) is 0.500. The number of rotatable bonds is 5. The number of hydrogen-bond donors (Lipinski definition) is 2. The van der Waals surface area contributed by atoms with Crippen LogP contribution >= 0.6 is 12.2 Å². The van der Waals surface area contributed by atoms with Gasteiger partial charge in [-0.2, -0.15) is 0 Å². The highest BCUT2D eigenvalue weighted by atomic mass is 32.1. The molecule has 2 N–H and O–H groups in total. The number of benzene rings is 1. The molecular formula is C18H23N3O3S. The lowest BCUT2D eigenvalue weighted by molar-refractivity contribution is 0.0865. The first-order valence-electron chi connectivity index (χ1n) is 8.50. The summed E-state index contributed by atoms with van der Waals surface area (Å²) in [4.78, 5) is 28.0. The van der Waals surface area contributed by atoms with E-state index in [1.54, 1.807) is 32.4 Å². The molecule has 0 atom stereocenters. The van der Waals surface area contributed by atoms with Crippen LogP contribution in [0, 0.1) is 4.77 Å². The number of nitrogens with zero attached hydrogens (tertiary/aromatic N) is 1. The molecule has 0 radical (unpaired) electrons. The maximum absolute atomic E-state index is 12.8. The van der Waals surface area contributed by atoms with Gasteiger partial charge in [0.2, 0.25) is 0 Å². The molecule has 1 aromatic carbocycles. The average molecular weight is 361 g/mol. The second-order valence-electron chi connectivity index (χ2n) is 6.74. The molecule has 0 spiro atoms. The van der Waals surface area contributed by atoms with E-state index in [9.17, 15) is 9.59 Å². The highest BCUT2D eigenvalue weighted by Gasteiger charge is 2.35. The largest absolute Gasteiger partial charge is 0.385 e. The lowest BCUT2D eigenvalue weighted by Gasteiger charge is -2.30. The van der Waals surface area contributed by atoms with Crippen molar-refractivity contribution in [3.8, 4) is 0 Å². The van der Waals surface area contributed by atoms with Gasteiger partial charge < -0.3 is 15.0 Å². The third kappa shape index (κ3) is 3.52. The maximum Gasteiger partial charge on any atom is 0.261 e. The van der Waals surface area contributed by atoms with Crippen molar-refractivity contribution in [1.29, 1.82) is 0 Å². The molecule has 0 unspecified atom stereocenters. The Balaban J connectivity index is 1.90. The van der Waals surface area contributed by atoms with Gasteiger partial charge in [-0.3, -0.25) is 14.2 Å². The van der Waals surface area contributed by atoms with Crippen molar-refractivity contribution in [2.45, 2.75) is 37.6 Å². The van der Waals surface area contributed by atoms with Crippen LogP contribution in [0.3, 0.4) is 0 Å². The van der Waals surface area contributed by atoms with Gasteiger partial charge in [-0.25, -0.2) is 0 Å². The molecular weight excluding hydrogens is 338 g/mol. The van der Waals surface area contributed by atoms with Gasteiger partial charge in [0.1, 0.15) is 0 Å². The molecule has 1 amide bonds. The van der Waals surface area contributed by atoms with Gasteiger partial charge in [-0.15, -0.1) is 0 Å². The summed E-state index contributed by atoms with van der Waals surface area (Å²) in [6, 6.07) is 5.06. The number of carbonyl (C=O) groups excluding carboxylic acids is 1. The number of aromatic amines is 1. The predicted octanol–water partition coefficient (Wildman–Crippen LogP) is 2.68. The highest BCUT2D eigenvalue weighted by molar-refractivity contribution is 7.71. The lowest BCUT2D eigenvalue weighted by Crippen LogP contribution is -2.47. The minimum absolute atomic E-state index is 0.125. The Bertz CT molecular complexity index is 910.